The molecule has 2 aromatic carbocycles. The third-order valence-corrected chi connectivity index (χ3v) is 9.61. The van der Waals surface area contributed by atoms with Crippen molar-refractivity contribution in [2.75, 3.05) is 0 Å². The summed E-state index contributed by atoms with van der Waals surface area (Å²) in [5.74, 6) is 0.589. The summed E-state index contributed by atoms with van der Waals surface area (Å²) in [4.78, 5) is 1.30. The van der Waals surface area contributed by atoms with Crippen molar-refractivity contribution >= 4 is 67.0 Å². The second-order valence-corrected chi connectivity index (χ2v) is 11.5. The summed E-state index contributed by atoms with van der Waals surface area (Å²) in [7, 11) is -3.67. The smallest absolute Gasteiger partial charge is 0.241 e. The summed E-state index contributed by atoms with van der Waals surface area (Å²) in [6, 6.07) is 12.7. The Labute approximate surface area is 202 Å². The molecule has 0 unspecified atom stereocenters. The zero-order valence-electron chi connectivity index (χ0n) is 16.1. The van der Waals surface area contributed by atoms with Crippen molar-refractivity contribution in [3.8, 4) is 0 Å². The Kier molecular flexibility index (Phi) is 7.62. The fourth-order valence-electron chi connectivity index (χ4n) is 2.70. The lowest BCUT2D eigenvalue weighted by atomic mass is 10.2. The zero-order valence-corrected chi connectivity index (χ0v) is 22.0. The molecule has 6 nitrogen and oxygen atoms in total. The molecule has 0 aliphatic rings. The monoisotopic (exact) mass is 654 g/mol. The molecule has 1 atom stereocenters. The van der Waals surface area contributed by atoms with Gasteiger partial charge in [-0.2, -0.15) is 0 Å². The molecular formula is C19H20I2N4O2S2. The van der Waals surface area contributed by atoms with Crippen LogP contribution in [-0.2, 0) is 16.6 Å². The number of hydrogen-bond donors (Lipinski definition) is 1. The van der Waals surface area contributed by atoms with Crippen LogP contribution in [0.4, 0.5) is 0 Å². The minimum atomic E-state index is -3.67. The Morgan fingerprint density at radius 2 is 1.79 bits per heavy atom. The Morgan fingerprint density at radius 1 is 1.10 bits per heavy atom. The summed E-state index contributed by atoms with van der Waals surface area (Å²) >= 11 is 5.83. The van der Waals surface area contributed by atoms with E-state index in [4.69, 9.17) is 0 Å². The van der Waals surface area contributed by atoms with Gasteiger partial charge in [-0.3, -0.25) is 0 Å². The third-order valence-electron chi connectivity index (χ3n) is 4.21. The standard InChI is InChI=1S/C19H20I2N4O2S2/c1-4-25-18(22-23-19(25)28-14-7-5-12(2)6-8-14)13(3)24-29(26,27)15-9-10-16(20)17(21)11-15/h5-11,13,24H,4H2,1-3H3/t13-/m1/s1. The van der Waals surface area contributed by atoms with Crippen molar-refractivity contribution in [3.05, 3.63) is 61.0 Å². The van der Waals surface area contributed by atoms with Crippen molar-refractivity contribution in [2.24, 2.45) is 0 Å². The molecule has 0 saturated heterocycles. The number of aromatic nitrogens is 3. The van der Waals surface area contributed by atoms with Crippen LogP contribution in [0.3, 0.4) is 0 Å². The molecule has 0 spiro atoms. The van der Waals surface area contributed by atoms with Gasteiger partial charge >= 0.3 is 0 Å². The van der Waals surface area contributed by atoms with Crippen LogP contribution in [0.25, 0.3) is 0 Å². The molecule has 1 aromatic heterocycles. The van der Waals surface area contributed by atoms with E-state index < -0.39 is 16.1 Å². The first-order valence-corrected chi connectivity index (χ1v) is 13.3. The summed E-state index contributed by atoms with van der Waals surface area (Å²) in [6.45, 7) is 6.47. The topological polar surface area (TPSA) is 76.9 Å². The van der Waals surface area contributed by atoms with Gasteiger partial charge < -0.3 is 4.57 Å². The molecule has 0 aliphatic heterocycles. The van der Waals surface area contributed by atoms with Crippen LogP contribution in [-0.4, -0.2) is 23.2 Å². The Bertz CT molecular complexity index is 1120. The molecule has 1 heterocycles. The minimum absolute atomic E-state index is 0.242. The van der Waals surface area contributed by atoms with Crippen molar-refractivity contribution in [3.63, 3.8) is 0 Å². The van der Waals surface area contributed by atoms with E-state index in [9.17, 15) is 8.42 Å². The van der Waals surface area contributed by atoms with Crippen molar-refractivity contribution in [1.82, 2.24) is 19.5 Å². The maximum Gasteiger partial charge on any atom is 0.241 e. The molecule has 3 rings (SSSR count). The van der Waals surface area contributed by atoms with E-state index in [1.807, 2.05) is 30.5 Å². The molecule has 0 aliphatic carbocycles. The molecular weight excluding hydrogens is 634 g/mol. The predicted octanol–water partition coefficient (Wildman–Crippen LogP) is 5.01. The van der Waals surface area contributed by atoms with Gasteiger partial charge in [0, 0.05) is 18.6 Å². The van der Waals surface area contributed by atoms with E-state index in [1.54, 1.807) is 25.1 Å². The van der Waals surface area contributed by atoms with Crippen LogP contribution >= 0.6 is 56.9 Å². The maximum absolute atomic E-state index is 12.8. The van der Waals surface area contributed by atoms with Gasteiger partial charge in [-0.1, -0.05) is 17.7 Å². The molecule has 10 heteroatoms. The lowest BCUT2D eigenvalue weighted by molar-refractivity contribution is 0.539. The number of sulfonamides is 1. The van der Waals surface area contributed by atoms with Crippen LogP contribution in [0.2, 0.25) is 0 Å². The predicted molar refractivity (Wildman–Crippen MR) is 132 cm³/mol. The summed E-state index contributed by atoms with van der Waals surface area (Å²) in [5.41, 5.74) is 1.19. The second kappa shape index (κ2) is 9.62. The number of aryl methyl sites for hydroxylation is 1. The average Bonchev–Trinajstić information content (AvgIpc) is 3.08. The molecule has 0 radical (unpaired) electrons. The molecule has 1 N–H and O–H groups in total. The van der Waals surface area contributed by atoms with Gasteiger partial charge in [0.2, 0.25) is 10.0 Å². The second-order valence-electron chi connectivity index (χ2n) is 6.42. The highest BCUT2D eigenvalue weighted by Crippen LogP contribution is 2.29. The molecule has 0 saturated carbocycles. The fourth-order valence-corrected chi connectivity index (χ4v) is 5.89. The SMILES string of the molecule is CCn1c(Sc2ccc(C)cc2)nnc1[C@@H](C)NS(=O)(=O)c1ccc(I)c(I)c1. The molecule has 0 bridgehead atoms. The molecule has 154 valence electrons. The Hall–Kier alpha value is -0.700. The number of benzene rings is 2. The first-order valence-electron chi connectivity index (χ1n) is 8.86. The lowest BCUT2D eigenvalue weighted by Crippen LogP contribution is -2.29. The summed E-state index contributed by atoms with van der Waals surface area (Å²) < 4.78 is 32.2. The van der Waals surface area contributed by atoms with Crippen LogP contribution < -0.4 is 4.72 Å². The van der Waals surface area contributed by atoms with Gasteiger partial charge in [0.15, 0.2) is 11.0 Å². The van der Waals surface area contributed by atoms with Crippen molar-refractivity contribution in [1.29, 1.82) is 0 Å². The van der Waals surface area contributed by atoms with Gasteiger partial charge in [0.1, 0.15) is 0 Å². The highest BCUT2D eigenvalue weighted by atomic mass is 127. The van der Waals surface area contributed by atoms with Crippen LogP contribution in [0.1, 0.15) is 31.3 Å². The molecule has 3 aromatic rings. The summed E-state index contributed by atoms with van der Waals surface area (Å²) in [5, 5.41) is 9.30. The average molecular weight is 654 g/mol. The lowest BCUT2D eigenvalue weighted by Gasteiger charge is -2.15. The van der Waals surface area contributed by atoms with E-state index in [2.05, 4.69) is 72.2 Å². The number of halogens is 2. The summed E-state index contributed by atoms with van der Waals surface area (Å²) in [6.07, 6.45) is 0. The normalized spacial score (nSPS) is 12.9. The first kappa shape index (κ1) is 23.0. The van der Waals surface area contributed by atoms with Gasteiger partial charge in [-0.15, -0.1) is 10.2 Å². The highest BCUT2D eigenvalue weighted by molar-refractivity contribution is 14.1. The zero-order chi connectivity index (χ0) is 21.2. The van der Waals surface area contributed by atoms with Crippen LogP contribution in [0, 0.1) is 14.1 Å². The minimum Gasteiger partial charge on any atom is -0.305 e. The maximum atomic E-state index is 12.8. The third kappa shape index (κ3) is 5.51. The molecule has 0 amide bonds. The first-order chi connectivity index (χ1) is 13.7. The number of nitrogens with one attached hydrogen (secondary N) is 1. The van der Waals surface area contributed by atoms with Gasteiger partial charge in [0.25, 0.3) is 0 Å². The van der Waals surface area contributed by atoms with E-state index in [0.717, 1.165) is 17.2 Å². The quantitative estimate of drug-likeness (QED) is 0.363. The Morgan fingerprint density at radius 3 is 2.41 bits per heavy atom. The number of rotatable bonds is 7. The van der Waals surface area contributed by atoms with Gasteiger partial charge in [0.05, 0.1) is 10.9 Å². The fraction of sp³-hybridized carbons (Fsp3) is 0.263. The molecule has 0 fully saturated rings. The van der Waals surface area contributed by atoms with Crippen LogP contribution in [0.15, 0.2) is 57.4 Å². The van der Waals surface area contributed by atoms with E-state index in [0.29, 0.717) is 12.4 Å². The Balaban J connectivity index is 1.83. The van der Waals surface area contributed by atoms with E-state index in [1.165, 1.54) is 17.3 Å². The van der Waals surface area contributed by atoms with Crippen molar-refractivity contribution in [2.45, 2.75) is 48.3 Å². The highest BCUT2D eigenvalue weighted by Gasteiger charge is 2.24. The number of nitrogens with zero attached hydrogens (tertiary/aromatic N) is 3. The van der Waals surface area contributed by atoms with E-state index >= 15 is 0 Å². The van der Waals surface area contributed by atoms with Crippen LogP contribution in [0.5, 0.6) is 0 Å². The van der Waals surface area contributed by atoms with Gasteiger partial charge in [-0.05, 0) is 108 Å². The van der Waals surface area contributed by atoms with Gasteiger partial charge in [-0.25, -0.2) is 13.1 Å². The van der Waals surface area contributed by atoms with E-state index in [-0.39, 0.29) is 4.90 Å². The van der Waals surface area contributed by atoms with Crippen molar-refractivity contribution < 1.29 is 8.42 Å². The number of hydrogen-bond acceptors (Lipinski definition) is 5. The molecule has 29 heavy (non-hydrogen) atoms. The largest absolute Gasteiger partial charge is 0.305 e.